The molecule has 1 aliphatic heterocycles. The molecule has 0 aliphatic carbocycles. The summed E-state index contributed by atoms with van der Waals surface area (Å²) in [6.45, 7) is 2.91. The Hall–Kier alpha value is -2.21. The van der Waals surface area contributed by atoms with Gasteiger partial charge in [-0.2, -0.15) is 4.98 Å². The van der Waals surface area contributed by atoms with Crippen LogP contribution in [0, 0.1) is 0 Å². The lowest BCUT2D eigenvalue weighted by atomic mass is 10.1. The highest BCUT2D eigenvalue weighted by molar-refractivity contribution is 5.93. The van der Waals surface area contributed by atoms with E-state index in [4.69, 9.17) is 0 Å². The Morgan fingerprint density at radius 1 is 1.45 bits per heavy atom. The van der Waals surface area contributed by atoms with E-state index in [0.717, 1.165) is 30.9 Å². The first-order valence-electron chi connectivity index (χ1n) is 6.83. The van der Waals surface area contributed by atoms with E-state index in [-0.39, 0.29) is 11.9 Å². The summed E-state index contributed by atoms with van der Waals surface area (Å²) in [5.74, 6) is 1.13. The number of amides is 1. The van der Waals surface area contributed by atoms with Crippen LogP contribution >= 0.6 is 0 Å². The topological polar surface area (TPSA) is 71.8 Å². The van der Waals surface area contributed by atoms with Gasteiger partial charge in [0, 0.05) is 6.42 Å². The largest absolute Gasteiger partial charge is 0.306 e. The molecule has 3 rings (SSSR count). The van der Waals surface area contributed by atoms with E-state index in [9.17, 15) is 4.79 Å². The van der Waals surface area contributed by atoms with Crippen molar-refractivity contribution >= 4 is 11.9 Å². The van der Waals surface area contributed by atoms with Crippen LogP contribution in [0.25, 0.3) is 5.69 Å². The van der Waals surface area contributed by atoms with Crippen molar-refractivity contribution in [2.45, 2.75) is 25.8 Å². The first-order valence-corrected chi connectivity index (χ1v) is 6.83. The van der Waals surface area contributed by atoms with E-state index in [2.05, 4.69) is 20.7 Å². The highest BCUT2D eigenvalue weighted by Gasteiger charge is 2.25. The van der Waals surface area contributed by atoms with Gasteiger partial charge < -0.3 is 5.32 Å². The minimum Gasteiger partial charge on any atom is -0.306 e. The van der Waals surface area contributed by atoms with Crippen molar-refractivity contribution < 1.29 is 4.79 Å². The number of para-hydroxylation sites is 1. The first-order chi connectivity index (χ1) is 9.78. The van der Waals surface area contributed by atoms with Crippen molar-refractivity contribution in [1.29, 1.82) is 0 Å². The number of rotatable bonds is 4. The van der Waals surface area contributed by atoms with Crippen LogP contribution in [0.1, 0.15) is 19.2 Å². The molecule has 104 valence electrons. The standard InChI is InChI=1S/C14H17N5O/c1-2-12-16-14(17-13(20)11-8-9-15-11)18-19(12)10-6-4-3-5-7-10/h3-7,11,15H,2,8-9H2,1H3,(H,17,18,20)/t11-/m0/s1. The van der Waals surface area contributed by atoms with Gasteiger partial charge in [-0.05, 0) is 25.1 Å². The van der Waals surface area contributed by atoms with Crippen molar-refractivity contribution in [2.75, 3.05) is 11.9 Å². The number of hydrogen-bond acceptors (Lipinski definition) is 4. The lowest BCUT2D eigenvalue weighted by molar-refractivity contribution is -0.119. The minimum absolute atomic E-state index is 0.0656. The van der Waals surface area contributed by atoms with Gasteiger partial charge in [-0.1, -0.05) is 25.1 Å². The highest BCUT2D eigenvalue weighted by atomic mass is 16.2. The zero-order chi connectivity index (χ0) is 13.9. The van der Waals surface area contributed by atoms with Gasteiger partial charge >= 0.3 is 0 Å². The average Bonchev–Trinajstić information content (AvgIpc) is 2.80. The van der Waals surface area contributed by atoms with Crippen molar-refractivity contribution in [3.05, 3.63) is 36.2 Å². The molecule has 1 amide bonds. The summed E-state index contributed by atoms with van der Waals surface area (Å²) < 4.78 is 1.77. The second-order valence-electron chi connectivity index (χ2n) is 4.74. The summed E-state index contributed by atoms with van der Waals surface area (Å²) in [6.07, 6.45) is 1.62. The van der Waals surface area contributed by atoms with Crippen LogP contribution in [0.3, 0.4) is 0 Å². The fourth-order valence-electron chi connectivity index (χ4n) is 2.11. The minimum atomic E-state index is -0.108. The van der Waals surface area contributed by atoms with Gasteiger partial charge in [0.15, 0.2) is 0 Å². The fourth-order valence-corrected chi connectivity index (χ4v) is 2.11. The molecule has 2 N–H and O–H groups in total. The van der Waals surface area contributed by atoms with E-state index in [1.54, 1.807) is 4.68 Å². The molecule has 1 saturated heterocycles. The summed E-state index contributed by atoms with van der Waals surface area (Å²) in [4.78, 5) is 16.3. The normalized spacial score (nSPS) is 17.6. The molecule has 2 aromatic rings. The lowest BCUT2D eigenvalue weighted by Gasteiger charge is -2.25. The molecule has 6 heteroatoms. The number of carbonyl (C=O) groups excluding carboxylic acids is 1. The summed E-state index contributed by atoms with van der Waals surface area (Å²) in [7, 11) is 0. The summed E-state index contributed by atoms with van der Waals surface area (Å²) in [6, 6.07) is 9.68. The number of aromatic nitrogens is 3. The van der Waals surface area contributed by atoms with Gasteiger partial charge in [0.1, 0.15) is 5.82 Å². The Morgan fingerprint density at radius 2 is 2.20 bits per heavy atom. The predicted molar refractivity (Wildman–Crippen MR) is 75.8 cm³/mol. The molecule has 0 spiro atoms. The molecule has 0 radical (unpaired) electrons. The maximum atomic E-state index is 11.9. The van der Waals surface area contributed by atoms with E-state index in [1.165, 1.54) is 0 Å². The SMILES string of the molecule is CCc1nc(NC(=O)[C@@H]2CCN2)nn1-c1ccccc1. The molecule has 0 saturated carbocycles. The summed E-state index contributed by atoms with van der Waals surface area (Å²) in [5, 5.41) is 10.2. The zero-order valence-corrected chi connectivity index (χ0v) is 11.3. The maximum Gasteiger partial charge on any atom is 0.249 e. The van der Waals surface area contributed by atoms with Crippen LogP contribution in [0.15, 0.2) is 30.3 Å². The average molecular weight is 271 g/mol. The molecule has 6 nitrogen and oxygen atoms in total. The third-order valence-electron chi connectivity index (χ3n) is 3.37. The Morgan fingerprint density at radius 3 is 2.80 bits per heavy atom. The zero-order valence-electron chi connectivity index (χ0n) is 11.3. The third kappa shape index (κ3) is 2.42. The van der Waals surface area contributed by atoms with Gasteiger partial charge in [-0.25, -0.2) is 4.68 Å². The highest BCUT2D eigenvalue weighted by Crippen LogP contribution is 2.13. The van der Waals surface area contributed by atoms with Crippen molar-refractivity contribution in [3.63, 3.8) is 0 Å². The van der Waals surface area contributed by atoms with Crippen LogP contribution < -0.4 is 10.6 Å². The van der Waals surface area contributed by atoms with Gasteiger partial charge in [0.2, 0.25) is 11.9 Å². The van der Waals surface area contributed by atoms with Crippen LogP contribution in [0.5, 0.6) is 0 Å². The summed E-state index contributed by atoms with van der Waals surface area (Å²) >= 11 is 0. The number of aryl methyl sites for hydroxylation is 1. The third-order valence-corrected chi connectivity index (χ3v) is 3.37. The number of anilines is 1. The van der Waals surface area contributed by atoms with Crippen molar-refractivity contribution in [1.82, 2.24) is 20.1 Å². The molecule has 1 aliphatic rings. The van der Waals surface area contributed by atoms with E-state index in [0.29, 0.717) is 5.95 Å². The molecule has 0 unspecified atom stereocenters. The van der Waals surface area contributed by atoms with E-state index < -0.39 is 0 Å². The van der Waals surface area contributed by atoms with Crippen LogP contribution in [0.2, 0.25) is 0 Å². The number of nitrogens with one attached hydrogen (secondary N) is 2. The van der Waals surface area contributed by atoms with Crippen LogP contribution in [-0.4, -0.2) is 33.3 Å². The monoisotopic (exact) mass is 271 g/mol. The molecule has 1 aromatic carbocycles. The molecular weight excluding hydrogens is 254 g/mol. The van der Waals surface area contributed by atoms with Gasteiger partial charge in [-0.3, -0.25) is 10.1 Å². The summed E-state index contributed by atoms with van der Waals surface area (Å²) in [5.41, 5.74) is 0.944. The second-order valence-corrected chi connectivity index (χ2v) is 4.74. The van der Waals surface area contributed by atoms with Crippen molar-refractivity contribution in [3.8, 4) is 5.69 Å². The number of benzene rings is 1. The number of hydrogen-bond donors (Lipinski definition) is 2. The molecule has 20 heavy (non-hydrogen) atoms. The number of nitrogens with zero attached hydrogens (tertiary/aromatic N) is 3. The van der Waals surface area contributed by atoms with Crippen LogP contribution in [-0.2, 0) is 11.2 Å². The van der Waals surface area contributed by atoms with Gasteiger partial charge in [0.25, 0.3) is 0 Å². The maximum absolute atomic E-state index is 11.9. The molecule has 0 bridgehead atoms. The van der Waals surface area contributed by atoms with E-state index >= 15 is 0 Å². The molecule has 1 atom stereocenters. The molecule has 1 fully saturated rings. The van der Waals surface area contributed by atoms with Crippen molar-refractivity contribution in [2.24, 2.45) is 0 Å². The lowest BCUT2D eigenvalue weighted by Crippen LogP contribution is -2.51. The van der Waals surface area contributed by atoms with Crippen LogP contribution in [0.4, 0.5) is 5.95 Å². The Kier molecular flexibility index (Phi) is 3.47. The van der Waals surface area contributed by atoms with Gasteiger partial charge in [-0.15, -0.1) is 5.10 Å². The number of carbonyl (C=O) groups is 1. The smallest absolute Gasteiger partial charge is 0.249 e. The van der Waals surface area contributed by atoms with E-state index in [1.807, 2.05) is 37.3 Å². The molecule has 1 aromatic heterocycles. The van der Waals surface area contributed by atoms with Gasteiger partial charge in [0.05, 0.1) is 11.7 Å². The fraction of sp³-hybridized carbons (Fsp3) is 0.357. The molecule has 2 heterocycles. The Bertz CT molecular complexity index is 603. The Labute approximate surface area is 117 Å². The Balaban J connectivity index is 1.83. The predicted octanol–water partition coefficient (Wildman–Crippen LogP) is 1.13. The second kappa shape index (κ2) is 5.42. The first kappa shape index (κ1) is 12.8. The quantitative estimate of drug-likeness (QED) is 0.874. The molecular formula is C14H17N5O.